The maximum atomic E-state index is 14.2. The first-order chi connectivity index (χ1) is 9.65. The van der Waals surface area contributed by atoms with Gasteiger partial charge in [0.05, 0.1) is 12.2 Å². The van der Waals surface area contributed by atoms with Crippen molar-refractivity contribution in [3.05, 3.63) is 17.8 Å². The Morgan fingerprint density at radius 2 is 2.10 bits per heavy atom. The van der Waals surface area contributed by atoms with Crippen molar-refractivity contribution in [2.24, 2.45) is 10.9 Å². The van der Waals surface area contributed by atoms with Crippen LogP contribution >= 0.6 is 0 Å². The van der Waals surface area contributed by atoms with Gasteiger partial charge in [-0.15, -0.1) is 0 Å². The Labute approximate surface area is 116 Å². The van der Waals surface area contributed by atoms with E-state index in [9.17, 15) is 4.39 Å². The van der Waals surface area contributed by atoms with Gasteiger partial charge in [0.1, 0.15) is 6.33 Å². The fourth-order valence-corrected chi connectivity index (χ4v) is 2.24. The Morgan fingerprint density at radius 3 is 2.70 bits per heavy atom. The molecule has 0 bridgehead atoms. The molecule has 1 aromatic heterocycles. The van der Waals surface area contributed by atoms with Crippen LogP contribution in [0.25, 0.3) is 0 Å². The predicted octanol–water partition coefficient (Wildman–Crippen LogP) is 0.0465. The fourth-order valence-electron chi connectivity index (χ4n) is 2.24. The molecule has 7 nitrogen and oxygen atoms in total. The van der Waals surface area contributed by atoms with Gasteiger partial charge in [0.15, 0.2) is 17.5 Å². The second-order valence-corrected chi connectivity index (χ2v) is 4.67. The van der Waals surface area contributed by atoms with Crippen LogP contribution in [0.5, 0.6) is 0 Å². The van der Waals surface area contributed by atoms with Gasteiger partial charge in [-0.2, -0.15) is 0 Å². The third-order valence-corrected chi connectivity index (χ3v) is 3.36. The summed E-state index contributed by atoms with van der Waals surface area (Å²) in [6.45, 7) is 4.99. The first-order valence-electron chi connectivity index (χ1n) is 6.58. The smallest absolute Gasteiger partial charge is 0.187 e. The summed E-state index contributed by atoms with van der Waals surface area (Å²) >= 11 is 0. The molecule has 1 saturated heterocycles. The molecule has 1 aliphatic rings. The Bertz CT molecular complexity index is 487. The van der Waals surface area contributed by atoms with E-state index in [0.717, 1.165) is 0 Å². The molecule has 20 heavy (non-hydrogen) atoms. The Kier molecular flexibility index (Phi) is 4.67. The average molecular weight is 282 g/mol. The van der Waals surface area contributed by atoms with Crippen molar-refractivity contribution in [3.8, 4) is 0 Å². The molecule has 1 aliphatic heterocycles. The summed E-state index contributed by atoms with van der Waals surface area (Å²) in [7, 11) is 0. The third-order valence-electron chi connectivity index (χ3n) is 3.36. The van der Waals surface area contributed by atoms with E-state index >= 15 is 0 Å². The second kappa shape index (κ2) is 6.47. The molecule has 110 valence electrons. The van der Waals surface area contributed by atoms with Crippen molar-refractivity contribution in [3.63, 3.8) is 0 Å². The standard InChI is InChI=1S/C12H19FN6O/c1-2-9-11(13)12(16-8-15-9)19-5-3-18(4-6-19)7-10(14)17-20/h8,20H,2-7H2,1H3,(H2,14,17). The molecule has 0 spiro atoms. The molecule has 0 radical (unpaired) electrons. The summed E-state index contributed by atoms with van der Waals surface area (Å²) in [6, 6.07) is 0. The molecule has 1 fully saturated rings. The topological polar surface area (TPSA) is 90.9 Å². The highest BCUT2D eigenvalue weighted by molar-refractivity contribution is 5.81. The van der Waals surface area contributed by atoms with Gasteiger partial charge in [0.2, 0.25) is 0 Å². The number of nitrogens with two attached hydrogens (primary N) is 1. The molecule has 2 heterocycles. The highest BCUT2D eigenvalue weighted by Gasteiger charge is 2.22. The number of anilines is 1. The fraction of sp³-hybridized carbons (Fsp3) is 0.583. The molecule has 0 aromatic carbocycles. The zero-order valence-electron chi connectivity index (χ0n) is 11.5. The Hall–Kier alpha value is -1.96. The first kappa shape index (κ1) is 14.4. The van der Waals surface area contributed by atoms with Gasteiger partial charge in [0.25, 0.3) is 0 Å². The van der Waals surface area contributed by atoms with Gasteiger partial charge >= 0.3 is 0 Å². The number of amidine groups is 1. The van der Waals surface area contributed by atoms with E-state index in [0.29, 0.717) is 50.7 Å². The van der Waals surface area contributed by atoms with E-state index in [1.54, 1.807) is 0 Å². The first-order valence-corrected chi connectivity index (χ1v) is 6.58. The van der Waals surface area contributed by atoms with Crippen molar-refractivity contribution in [1.82, 2.24) is 14.9 Å². The zero-order chi connectivity index (χ0) is 14.5. The second-order valence-electron chi connectivity index (χ2n) is 4.67. The molecule has 8 heteroatoms. The third kappa shape index (κ3) is 3.13. The van der Waals surface area contributed by atoms with Crippen LogP contribution in [0, 0.1) is 5.82 Å². The van der Waals surface area contributed by atoms with Crippen LogP contribution < -0.4 is 10.6 Å². The number of nitrogens with zero attached hydrogens (tertiary/aromatic N) is 5. The molecular formula is C12H19FN6O. The molecule has 0 atom stereocenters. The van der Waals surface area contributed by atoms with Crippen molar-refractivity contribution in [2.75, 3.05) is 37.6 Å². The van der Waals surface area contributed by atoms with E-state index in [1.807, 2.05) is 16.7 Å². The van der Waals surface area contributed by atoms with Gasteiger partial charge in [-0.1, -0.05) is 12.1 Å². The Balaban J connectivity index is 2.00. The number of halogens is 1. The average Bonchev–Trinajstić information content (AvgIpc) is 2.48. The molecule has 3 N–H and O–H groups in total. The van der Waals surface area contributed by atoms with E-state index < -0.39 is 0 Å². The van der Waals surface area contributed by atoms with Crippen LogP contribution in [0.15, 0.2) is 11.5 Å². The highest BCUT2D eigenvalue weighted by atomic mass is 19.1. The normalized spacial score (nSPS) is 17.5. The molecule has 0 amide bonds. The van der Waals surface area contributed by atoms with Crippen molar-refractivity contribution >= 4 is 11.7 Å². The summed E-state index contributed by atoms with van der Waals surface area (Å²) in [5.41, 5.74) is 5.91. The number of hydrogen-bond donors (Lipinski definition) is 2. The van der Waals surface area contributed by atoms with Crippen molar-refractivity contribution < 1.29 is 9.60 Å². The lowest BCUT2D eigenvalue weighted by Crippen LogP contribution is -2.49. The van der Waals surface area contributed by atoms with Crippen LogP contribution in [0.1, 0.15) is 12.6 Å². The number of piperazine rings is 1. The SMILES string of the molecule is CCc1ncnc(N2CCN(CC(N)=NO)CC2)c1F. The summed E-state index contributed by atoms with van der Waals surface area (Å²) < 4.78 is 14.2. The molecule has 0 unspecified atom stereocenters. The molecule has 2 rings (SSSR count). The monoisotopic (exact) mass is 282 g/mol. The number of aromatic nitrogens is 2. The minimum absolute atomic E-state index is 0.180. The van der Waals surface area contributed by atoms with E-state index in [2.05, 4.69) is 15.1 Å². The molecule has 0 aliphatic carbocycles. The van der Waals surface area contributed by atoms with Crippen molar-refractivity contribution in [2.45, 2.75) is 13.3 Å². The summed E-state index contributed by atoms with van der Waals surface area (Å²) in [4.78, 5) is 11.9. The lowest BCUT2D eigenvalue weighted by atomic mass is 10.2. The lowest BCUT2D eigenvalue weighted by Gasteiger charge is -2.35. The maximum absolute atomic E-state index is 14.2. The van der Waals surface area contributed by atoms with Gasteiger partial charge in [-0.05, 0) is 6.42 Å². The molecular weight excluding hydrogens is 263 g/mol. The maximum Gasteiger partial charge on any atom is 0.187 e. The van der Waals surface area contributed by atoms with Crippen LogP contribution in [-0.4, -0.2) is 58.6 Å². The quantitative estimate of drug-likeness (QED) is 0.351. The van der Waals surface area contributed by atoms with Gasteiger partial charge < -0.3 is 15.8 Å². The minimum Gasteiger partial charge on any atom is -0.409 e. The summed E-state index contributed by atoms with van der Waals surface area (Å²) in [5.74, 6) is 0.208. The highest BCUT2D eigenvalue weighted by Crippen LogP contribution is 2.19. The largest absolute Gasteiger partial charge is 0.409 e. The molecule has 0 saturated carbocycles. The van der Waals surface area contributed by atoms with Gasteiger partial charge in [-0.3, -0.25) is 4.90 Å². The summed E-state index contributed by atoms with van der Waals surface area (Å²) in [5, 5.41) is 11.5. The zero-order valence-corrected chi connectivity index (χ0v) is 11.5. The van der Waals surface area contributed by atoms with Crippen LogP contribution in [0.2, 0.25) is 0 Å². The van der Waals surface area contributed by atoms with E-state index in [4.69, 9.17) is 10.9 Å². The van der Waals surface area contributed by atoms with Crippen molar-refractivity contribution in [1.29, 1.82) is 0 Å². The van der Waals surface area contributed by atoms with Crippen LogP contribution in [0.4, 0.5) is 10.2 Å². The van der Waals surface area contributed by atoms with E-state index in [1.165, 1.54) is 6.33 Å². The van der Waals surface area contributed by atoms with Gasteiger partial charge in [0, 0.05) is 26.2 Å². The predicted molar refractivity (Wildman–Crippen MR) is 73.4 cm³/mol. The van der Waals surface area contributed by atoms with E-state index in [-0.39, 0.29) is 11.7 Å². The van der Waals surface area contributed by atoms with Gasteiger partial charge in [-0.25, -0.2) is 14.4 Å². The number of hydrogen-bond acceptors (Lipinski definition) is 6. The lowest BCUT2D eigenvalue weighted by molar-refractivity contribution is 0.277. The molecule has 1 aromatic rings. The number of rotatable bonds is 4. The minimum atomic E-state index is -0.333. The number of oxime groups is 1. The van der Waals surface area contributed by atoms with Crippen LogP contribution in [-0.2, 0) is 6.42 Å². The number of aryl methyl sites for hydroxylation is 1. The Morgan fingerprint density at radius 1 is 1.40 bits per heavy atom. The summed E-state index contributed by atoms with van der Waals surface area (Å²) in [6.07, 6.45) is 1.95. The van der Waals surface area contributed by atoms with Crippen LogP contribution in [0.3, 0.4) is 0 Å².